The normalized spacial score (nSPS) is 10.9. The van der Waals surface area contributed by atoms with E-state index in [0.29, 0.717) is 0 Å². The second-order valence-corrected chi connectivity index (χ2v) is 5.16. The predicted octanol–water partition coefficient (Wildman–Crippen LogP) is 2.58. The molecule has 1 aromatic carbocycles. The minimum Gasteiger partial charge on any atom is -0.395 e. The highest BCUT2D eigenvalue weighted by atomic mass is 32.1. The molecule has 2 aromatic heterocycles. The molecule has 3 aromatic rings. The van der Waals surface area contributed by atoms with Crippen LogP contribution in [0.3, 0.4) is 0 Å². The van der Waals surface area contributed by atoms with Gasteiger partial charge in [-0.2, -0.15) is 5.10 Å². The average molecular weight is 273 g/mol. The van der Waals surface area contributed by atoms with Crippen LogP contribution in [0.25, 0.3) is 10.2 Å². The van der Waals surface area contributed by atoms with E-state index in [-0.39, 0.29) is 0 Å². The van der Waals surface area contributed by atoms with Gasteiger partial charge in [-0.25, -0.2) is 4.98 Å². The van der Waals surface area contributed by atoms with Crippen LogP contribution in [0.4, 0.5) is 11.4 Å². The van der Waals surface area contributed by atoms with Gasteiger partial charge < -0.3 is 11.1 Å². The fraction of sp³-hybridized carbons (Fsp3) is 0.231. The van der Waals surface area contributed by atoms with Crippen LogP contribution in [-0.2, 0) is 6.54 Å². The Kier molecular flexibility index (Phi) is 3.33. The maximum absolute atomic E-state index is 6.10. The number of hydrogen-bond donors (Lipinski definition) is 2. The number of hydrogen-bond acceptors (Lipinski definition) is 5. The van der Waals surface area contributed by atoms with Crippen molar-refractivity contribution < 1.29 is 0 Å². The van der Waals surface area contributed by atoms with Crippen LogP contribution >= 0.6 is 11.3 Å². The van der Waals surface area contributed by atoms with E-state index in [9.17, 15) is 0 Å². The molecule has 19 heavy (non-hydrogen) atoms. The summed E-state index contributed by atoms with van der Waals surface area (Å²) in [6.07, 6.45) is 4.76. The first-order chi connectivity index (χ1) is 9.34. The second kappa shape index (κ2) is 5.27. The fourth-order valence-corrected chi connectivity index (χ4v) is 2.70. The molecule has 0 unspecified atom stereocenters. The summed E-state index contributed by atoms with van der Waals surface area (Å²) in [4.78, 5) is 4.29. The van der Waals surface area contributed by atoms with Crippen molar-refractivity contribution in [2.75, 3.05) is 17.6 Å². The van der Waals surface area contributed by atoms with Crippen molar-refractivity contribution in [1.82, 2.24) is 14.8 Å². The van der Waals surface area contributed by atoms with Gasteiger partial charge in [0, 0.05) is 25.5 Å². The zero-order chi connectivity index (χ0) is 13.1. The van der Waals surface area contributed by atoms with Gasteiger partial charge >= 0.3 is 0 Å². The van der Waals surface area contributed by atoms with Crippen LogP contribution in [0.5, 0.6) is 0 Å². The molecule has 0 atom stereocenters. The van der Waals surface area contributed by atoms with Crippen molar-refractivity contribution in [2.24, 2.45) is 0 Å². The molecule has 0 radical (unpaired) electrons. The van der Waals surface area contributed by atoms with Gasteiger partial charge in [0.15, 0.2) is 0 Å². The molecule has 0 aliphatic heterocycles. The van der Waals surface area contributed by atoms with Gasteiger partial charge in [-0.05, 0) is 24.6 Å². The van der Waals surface area contributed by atoms with E-state index in [0.717, 1.165) is 41.1 Å². The number of fused-ring (bicyclic) bond motifs is 1. The monoisotopic (exact) mass is 273 g/mol. The summed E-state index contributed by atoms with van der Waals surface area (Å²) in [7, 11) is 0. The van der Waals surface area contributed by atoms with Gasteiger partial charge in [0.1, 0.15) is 5.52 Å². The molecular weight excluding hydrogens is 258 g/mol. The molecule has 3 N–H and O–H groups in total. The van der Waals surface area contributed by atoms with Crippen molar-refractivity contribution in [2.45, 2.75) is 13.0 Å². The molecule has 0 fully saturated rings. The maximum atomic E-state index is 6.10. The van der Waals surface area contributed by atoms with Gasteiger partial charge in [0.05, 0.1) is 21.6 Å². The zero-order valence-corrected chi connectivity index (χ0v) is 11.2. The molecule has 2 heterocycles. The third-order valence-electron chi connectivity index (χ3n) is 2.98. The van der Waals surface area contributed by atoms with Crippen LogP contribution in [0.1, 0.15) is 6.42 Å². The Balaban J connectivity index is 1.60. The first kappa shape index (κ1) is 12.0. The number of benzene rings is 1. The SMILES string of the molecule is Nc1c(NCCCn2cccn2)ccc2scnc12. The number of nitrogen functional groups attached to an aromatic ring is 1. The summed E-state index contributed by atoms with van der Waals surface area (Å²) in [6, 6.07) is 6.00. The van der Waals surface area contributed by atoms with E-state index in [4.69, 9.17) is 5.73 Å². The minimum atomic E-state index is 0.734. The van der Waals surface area contributed by atoms with Crippen molar-refractivity contribution >= 4 is 32.9 Å². The maximum Gasteiger partial charge on any atom is 0.106 e. The number of aryl methyl sites for hydroxylation is 1. The molecule has 3 rings (SSSR count). The Labute approximate surface area is 115 Å². The Morgan fingerprint density at radius 3 is 3.16 bits per heavy atom. The van der Waals surface area contributed by atoms with Gasteiger partial charge in [0.25, 0.3) is 0 Å². The highest BCUT2D eigenvalue weighted by Gasteiger charge is 2.05. The number of nitrogens with zero attached hydrogens (tertiary/aromatic N) is 3. The van der Waals surface area contributed by atoms with Gasteiger partial charge in [-0.1, -0.05) is 0 Å². The smallest absolute Gasteiger partial charge is 0.106 e. The molecule has 0 amide bonds. The lowest BCUT2D eigenvalue weighted by molar-refractivity contribution is 0.592. The van der Waals surface area contributed by atoms with Crippen molar-refractivity contribution in [3.63, 3.8) is 0 Å². The van der Waals surface area contributed by atoms with E-state index in [1.165, 1.54) is 0 Å². The van der Waals surface area contributed by atoms with Crippen LogP contribution in [0.2, 0.25) is 0 Å². The highest BCUT2D eigenvalue weighted by Crippen LogP contribution is 2.29. The van der Waals surface area contributed by atoms with E-state index in [2.05, 4.69) is 21.5 Å². The Morgan fingerprint density at radius 2 is 2.32 bits per heavy atom. The zero-order valence-electron chi connectivity index (χ0n) is 10.4. The number of thiazole rings is 1. The third kappa shape index (κ3) is 2.53. The molecular formula is C13H15N5S. The molecule has 98 valence electrons. The molecule has 0 saturated carbocycles. The lowest BCUT2D eigenvalue weighted by atomic mass is 10.2. The van der Waals surface area contributed by atoms with Crippen LogP contribution in [0.15, 0.2) is 36.1 Å². The summed E-state index contributed by atoms with van der Waals surface area (Å²) in [5.41, 5.74) is 10.5. The largest absolute Gasteiger partial charge is 0.395 e. The highest BCUT2D eigenvalue weighted by molar-refractivity contribution is 7.16. The summed E-state index contributed by atoms with van der Waals surface area (Å²) >= 11 is 1.61. The number of aromatic nitrogens is 3. The van der Waals surface area contributed by atoms with E-state index < -0.39 is 0 Å². The average Bonchev–Trinajstić information content (AvgIpc) is 3.08. The van der Waals surface area contributed by atoms with Gasteiger partial charge in [0.2, 0.25) is 0 Å². The summed E-state index contributed by atoms with van der Waals surface area (Å²) in [5.74, 6) is 0. The molecule has 5 nitrogen and oxygen atoms in total. The van der Waals surface area contributed by atoms with Gasteiger partial charge in [-0.15, -0.1) is 11.3 Å². The summed E-state index contributed by atoms with van der Waals surface area (Å²) in [5, 5.41) is 7.52. The summed E-state index contributed by atoms with van der Waals surface area (Å²) in [6.45, 7) is 1.76. The molecule has 0 saturated heterocycles. The fourth-order valence-electron chi connectivity index (χ4n) is 2.00. The molecule has 0 aliphatic carbocycles. The van der Waals surface area contributed by atoms with Crippen LogP contribution in [0, 0.1) is 0 Å². The van der Waals surface area contributed by atoms with Crippen LogP contribution in [-0.4, -0.2) is 21.3 Å². The number of nitrogens with one attached hydrogen (secondary N) is 1. The Bertz CT molecular complexity index is 659. The number of nitrogens with two attached hydrogens (primary N) is 1. The number of rotatable bonds is 5. The van der Waals surface area contributed by atoms with E-state index in [1.54, 1.807) is 17.5 Å². The standard InChI is InChI=1S/C13H15N5S/c14-12-10(3-4-11-13(12)16-9-19-11)15-5-1-7-18-8-2-6-17-18/h2-4,6,8-9,15H,1,5,7,14H2. The van der Waals surface area contributed by atoms with Crippen molar-refractivity contribution in [1.29, 1.82) is 0 Å². The molecule has 0 aliphatic rings. The third-order valence-corrected chi connectivity index (χ3v) is 3.77. The quantitative estimate of drug-likeness (QED) is 0.554. The van der Waals surface area contributed by atoms with Gasteiger partial charge in [-0.3, -0.25) is 4.68 Å². The predicted molar refractivity (Wildman–Crippen MR) is 79.4 cm³/mol. The second-order valence-electron chi connectivity index (χ2n) is 4.28. The number of anilines is 2. The van der Waals surface area contributed by atoms with Crippen LogP contribution < -0.4 is 11.1 Å². The Morgan fingerprint density at radius 1 is 1.37 bits per heavy atom. The molecule has 6 heteroatoms. The van der Waals surface area contributed by atoms with E-state index >= 15 is 0 Å². The molecule has 0 bridgehead atoms. The molecule has 0 spiro atoms. The first-order valence-corrected chi connectivity index (χ1v) is 7.05. The summed E-state index contributed by atoms with van der Waals surface area (Å²) < 4.78 is 3.05. The van der Waals surface area contributed by atoms with Crippen molar-refractivity contribution in [3.8, 4) is 0 Å². The minimum absolute atomic E-state index is 0.734. The first-order valence-electron chi connectivity index (χ1n) is 6.17. The topological polar surface area (TPSA) is 68.8 Å². The van der Waals surface area contributed by atoms with E-state index in [1.807, 2.05) is 28.5 Å². The lowest BCUT2D eigenvalue weighted by Crippen LogP contribution is -2.08. The van der Waals surface area contributed by atoms with Crippen molar-refractivity contribution in [3.05, 3.63) is 36.1 Å². The lowest BCUT2D eigenvalue weighted by Gasteiger charge is -2.09. The Hall–Kier alpha value is -2.08.